The highest BCUT2D eigenvalue weighted by atomic mass is 127. The van der Waals surface area contributed by atoms with Crippen molar-refractivity contribution in [1.29, 1.82) is 0 Å². The van der Waals surface area contributed by atoms with E-state index in [1.807, 2.05) is 2.90 Å². The van der Waals surface area contributed by atoms with Gasteiger partial charge in [-0.2, -0.15) is 2.90 Å². The second-order valence-electron chi connectivity index (χ2n) is 3.35. The minimum absolute atomic E-state index is 0.597. The highest BCUT2D eigenvalue weighted by molar-refractivity contribution is 14.1. The molecule has 0 spiro atoms. The Morgan fingerprint density at radius 3 is 3.00 bits per heavy atom. The Morgan fingerprint density at radius 1 is 1.31 bits per heavy atom. The summed E-state index contributed by atoms with van der Waals surface area (Å²) in [5, 5.41) is 8.29. The van der Waals surface area contributed by atoms with Gasteiger partial charge in [-0.25, -0.2) is 0 Å². The molecule has 2 rings (SSSR count). The maximum Gasteiger partial charge on any atom is 0.0879 e. The second-order valence-corrected chi connectivity index (χ2v) is 5.77. The number of hydrogen-bond acceptors (Lipinski definition) is 2. The van der Waals surface area contributed by atoms with Gasteiger partial charge in [0.05, 0.1) is 38.2 Å². The number of nitrogens with zero attached hydrogens (tertiary/aromatic N) is 3. The van der Waals surface area contributed by atoms with Crippen LogP contribution in [0.5, 0.6) is 0 Å². The van der Waals surface area contributed by atoms with Gasteiger partial charge in [-0.05, 0) is 19.3 Å². The van der Waals surface area contributed by atoms with Crippen LogP contribution in [0.3, 0.4) is 0 Å². The summed E-state index contributed by atoms with van der Waals surface area (Å²) in [5.41, 5.74) is 2.55. The van der Waals surface area contributed by atoms with E-state index in [9.17, 15) is 0 Å². The third kappa shape index (κ3) is 2.16. The number of rotatable bonds is 0. The Bertz CT molecular complexity index is 298. The van der Waals surface area contributed by atoms with E-state index in [0.29, 0.717) is 3.92 Å². The predicted octanol–water partition coefficient (Wildman–Crippen LogP) is 3.07. The third-order valence-electron chi connectivity index (χ3n) is 2.41. The molecule has 0 fully saturated rings. The van der Waals surface area contributed by atoms with Crippen LogP contribution in [0.25, 0.3) is 0 Å². The van der Waals surface area contributed by atoms with Crippen molar-refractivity contribution in [1.82, 2.24) is 13.2 Å². The van der Waals surface area contributed by atoms with Gasteiger partial charge >= 0.3 is 0 Å². The molecular formula is C8H11I2N3. The molecule has 3 nitrogen and oxygen atoms in total. The van der Waals surface area contributed by atoms with Gasteiger partial charge in [-0.1, -0.05) is 40.6 Å². The van der Waals surface area contributed by atoms with E-state index in [1.54, 1.807) is 0 Å². The molecule has 0 amide bonds. The lowest BCUT2D eigenvalue weighted by Crippen LogP contribution is -2.03. The summed E-state index contributed by atoms with van der Waals surface area (Å²) in [6.07, 6.45) is 6.33. The molecule has 0 aromatic carbocycles. The van der Waals surface area contributed by atoms with Gasteiger partial charge in [0.1, 0.15) is 0 Å². The normalized spacial score (nSPS) is 23.4. The van der Waals surface area contributed by atoms with E-state index < -0.39 is 0 Å². The number of alkyl halides is 1. The summed E-state index contributed by atoms with van der Waals surface area (Å²) in [4.78, 5) is 0. The van der Waals surface area contributed by atoms with Crippen molar-refractivity contribution in [2.24, 2.45) is 0 Å². The Labute approximate surface area is 105 Å². The number of halogens is 2. The monoisotopic (exact) mass is 403 g/mol. The van der Waals surface area contributed by atoms with E-state index >= 15 is 0 Å². The van der Waals surface area contributed by atoms with Crippen LogP contribution in [0.2, 0.25) is 0 Å². The van der Waals surface area contributed by atoms with E-state index in [-0.39, 0.29) is 0 Å². The average molecular weight is 403 g/mol. The Morgan fingerprint density at radius 2 is 2.15 bits per heavy atom. The molecule has 1 aliphatic carbocycles. The SMILES string of the molecule is IC1CCCCCc2nnn(I)c21. The topological polar surface area (TPSA) is 30.7 Å². The molecule has 0 aliphatic heterocycles. The maximum absolute atomic E-state index is 4.21. The van der Waals surface area contributed by atoms with Gasteiger partial charge in [0.25, 0.3) is 0 Å². The molecule has 1 unspecified atom stereocenters. The summed E-state index contributed by atoms with van der Waals surface area (Å²) in [6, 6.07) is 0. The molecule has 0 bridgehead atoms. The molecular weight excluding hydrogens is 392 g/mol. The van der Waals surface area contributed by atoms with Gasteiger partial charge in [-0.15, -0.1) is 5.10 Å². The van der Waals surface area contributed by atoms with E-state index in [4.69, 9.17) is 0 Å². The lowest BCUT2D eigenvalue weighted by atomic mass is 10.0. The lowest BCUT2D eigenvalue weighted by molar-refractivity contribution is 0.609. The first-order valence-corrected chi connectivity index (χ1v) is 6.75. The molecule has 0 radical (unpaired) electrons. The molecule has 72 valence electrons. The summed E-state index contributed by atoms with van der Waals surface area (Å²) >= 11 is 4.73. The zero-order chi connectivity index (χ0) is 9.26. The van der Waals surface area contributed by atoms with Crippen molar-refractivity contribution in [2.45, 2.75) is 36.0 Å². The largest absolute Gasteiger partial charge is 0.187 e. The van der Waals surface area contributed by atoms with Crippen molar-refractivity contribution >= 4 is 45.5 Å². The quantitative estimate of drug-likeness (QED) is 0.493. The number of fused-ring (bicyclic) bond motifs is 1. The first-order valence-electron chi connectivity index (χ1n) is 4.53. The molecule has 0 saturated carbocycles. The molecule has 0 saturated heterocycles. The minimum Gasteiger partial charge on any atom is -0.187 e. The van der Waals surface area contributed by atoms with Crippen molar-refractivity contribution in [3.05, 3.63) is 11.4 Å². The molecule has 13 heavy (non-hydrogen) atoms. The molecule has 0 N–H and O–H groups in total. The van der Waals surface area contributed by atoms with Gasteiger partial charge in [0.2, 0.25) is 0 Å². The first kappa shape index (κ1) is 10.1. The van der Waals surface area contributed by atoms with Crippen LogP contribution in [0.1, 0.15) is 41.0 Å². The zero-order valence-electron chi connectivity index (χ0n) is 7.21. The molecule has 5 heteroatoms. The molecule has 1 aliphatic rings. The van der Waals surface area contributed by atoms with Crippen molar-refractivity contribution in [3.8, 4) is 0 Å². The minimum atomic E-state index is 0.597. The van der Waals surface area contributed by atoms with E-state index in [2.05, 4.69) is 55.8 Å². The zero-order valence-corrected chi connectivity index (χ0v) is 11.5. The average Bonchev–Trinajstić information content (AvgIpc) is 2.42. The summed E-state index contributed by atoms with van der Waals surface area (Å²) in [7, 11) is 0. The second kappa shape index (κ2) is 4.41. The number of hydrogen-bond donors (Lipinski definition) is 0. The van der Waals surface area contributed by atoms with Crippen LogP contribution in [-0.2, 0) is 6.42 Å². The fraction of sp³-hybridized carbons (Fsp3) is 0.750. The van der Waals surface area contributed by atoms with Crippen molar-refractivity contribution in [3.63, 3.8) is 0 Å². The summed E-state index contributed by atoms with van der Waals surface area (Å²) < 4.78 is 2.51. The summed E-state index contributed by atoms with van der Waals surface area (Å²) in [6.45, 7) is 0. The van der Waals surface area contributed by atoms with Gasteiger partial charge in [-0.3, -0.25) is 0 Å². The van der Waals surface area contributed by atoms with Crippen LogP contribution in [0.15, 0.2) is 0 Å². The van der Waals surface area contributed by atoms with Crippen molar-refractivity contribution < 1.29 is 0 Å². The molecule has 1 aromatic rings. The van der Waals surface area contributed by atoms with Gasteiger partial charge in [0.15, 0.2) is 0 Å². The Balaban J connectivity index is 2.34. The number of aryl methyl sites for hydroxylation is 1. The van der Waals surface area contributed by atoms with Crippen LogP contribution >= 0.6 is 45.5 Å². The smallest absolute Gasteiger partial charge is 0.0879 e. The van der Waals surface area contributed by atoms with Gasteiger partial charge < -0.3 is 0 Å². The van der Waals surface area contributed by atoms with Crippen LogP contribution in [0, 0.1) is 0 Å². The Hall–Kier alpha value is 0.600. The number of aromatic nitrogens is 3. The molecule has 1 atom stereocenters. The van der Waals surface area contributed by atoms with E-state index in [0.717, 1.165) is 6.42 Å². The summed E-state index contributed by atoms with van der Waals surface area (Å²) in [5.74, 6) is 0. The first-order chi connectivity index (χ1) is 6.29. The van der Waals surface area contributed by atoms with Crippen molar-refractivity contribution in [2.75, 3.05) is 0 Å². The molecule has 1 heterocycles. The standard InChI is InChI=1S/C8H11I2N3/c9-6-4-2-1-3-5-7-8(6)13(10)12-11-7/h6H,1-5H2. The third-order valence-corrected chi connectivity index (χ3v) is 4.33. The van der Waals surface area contributed by atoms with Crippen LogP contribution in [0.4, 0.5) is 0 Å². The van der Waals surface area contributed by atoms with Crippen LogP contribution in [-0.4, -0.2) is 13.2 Å². The lowest BCUT2D eigenvalue weighted by Gasteiger charge is -2.13. The molecule has 1 aromatic heterocycles. The fourth-order valence-corrected chi connectivity index (χ4v) is 4.01. The predicted molar refractivity (Wildman–Crippen MR) is 68.4 cm³/mol. The van der Waals surface area contributed by atoms with Gasteiger partial charge in [0, 0.05) is 0 Å². The highest BCUT2D eigenvalue weighted by Crippen LogP contribution is 2.34. The van der Waals surface area contributed by atoms with Crippen LogP contribution < -0.4 is 0 Å². The highest BCUT2D eigenvalue weighted by Gasteiger charge is 2.20. The Kier molecular flexibility index (Phi) is 3.44. The fourth-order valence-electron chi connectivity index (χ4n) is 1.70. The van der Waals surface area contributed by atoms with E-state index in [1.165, 1.54) is 37.1 Å². The maximum atomic E-state index is 4.21.